The lowest BCUT2D eigenvalue weighted by atomic mass is 10.1. The normalized spacial score (nSPS) is 15.0. The third kappa shape index (κ3) is 2.12. The van der Waals surface area contributed by atoms with E-state index in [-0.39, 0.29) is 0 Å². The van der Waals surface area contributed by atoms with Crippen LogP contribution in [0.2, 0.25) is 0 Å². The number of anilines is 1. The first-order valence-corrected chi connectivity index (χ1v) is 7.18. The molecular formula is C13H11Br2N3. The lowest BCUT2D eigenvalue weighted by Gasteiger charge is -2.16. The van der Waals surface area contributed by atoms with E-state index in [9.17, 15) is 0 Å². The minimum Gasteiger partial charge on any atom is -0.324 e. The molecule has 0 atom stereocenters. The maximum Gasteiger partial charge on any atom is 0.208 e. The molecular weight excluding hydrogens is 358 g/mol. The first-order chi connectivity index (χ1) is 8.75. The molecule has 0 unspecified atom stereocenters. The van der Waals surface area contributed by atoms with Gasteiger partial charge in [-0.2, -0.15) is 0 Å². The number of rotatable bonds is 1. The van der Waals surface area contributed by atoms with E-state index >= 15 is 0 Å². The summed E-state index contributed by atoms with van der Waals surface area (Å²) < 4.78 is 2.98. The molecule has 0 saturated heterocycles. The molecule has 0 aromatic heterocycles. The van der Waals surface area contributed by atoms with Gasteiger partial charge in [0.2, 0.25) is 5.96 Å². The fourth-order valence-corrected chi connectivity index (χ4v) is 2.81. The van der Waals surface area contributed by atoms with Crippen LogP contribution in [0.15, 0.2) is 45.9 Å². The molecule has 2 aromatic carbocycles. The molecule has 0 bridgehead atoms. The Morgan fingerprint density at radius 1 is 1.17 bits per heavy atom. The van der Waals surface area contributed by atoms with Crippen LogP contribution in [0, 0.1) is 0 Å². The number of hydrogen-bond acceptors (Lipinski definition) is 3. The van der Waals surface area contributed by atoms with Gasteiger partial charge in [0.15, 0.2) is 0 Å². The minimum absolute atomic E-state index is 0.815. The largest absolute Gasteiger partial charge is 0.324 e. The summed E-state index contributed by atoms with van der Waals surface area (Å²) in [6.45, 7) is 1.71. The number of aliphatic imine (C=N–C) groups is 1. The number of hydrogen-bond donors (Lipinski definition) is 1. The average Bonchev–Trinajstić information content (AvgIpc) is 2.79. The smallest absolute Gasteiger partial charge is 0.208 e. The maximum absolute atomic E-state index is 4.42. The van der Waals surface area contributed by atoms with Gasteiger partial charge in [-0.1, -0.05) is 30.3 Å². The van der Waals surface area contributed by atoms with Gasteiger partial charge in [0.25, 0.3) is 0 Å². The highest BCUT2D eigenvalue weighted by Gasteiger charge is 2.16. The van der Waals surface area contributed by atoms with Crippen molar-refractivity contribution in [3.63, 3.8) is 0 Å². The van der Waals surface area contributed by atoms with Crippen LogP contribution in [0.3, 0.4) is 0 Å². The fourth-order valence-electron chi connectivity index (χ4n) is 2.01. The molecule has 0 saturated carbocycles. The van der Waals surface area contributed by atoms with E-state index < -0.39 is 0 Å². The molecule has 92 valence electrons. The van der Waals surface area contributed by atoms with Crippen molar-refractivity contribution in [2.24, 2.45) is 4.99 Å². The zero-order valence-corrected chi connectivity index (χ0v) is 12.7. The predicted octanol–water partition coefficient (Wildman–Crippen LogP) is 4.00. The first kappa shape index (κ1) is 12.0. The van der Waals surface area contributed by atoms with E-state index in [1.807, 2.05) is 16.1 Å². The van der Waals surface area contributed by atoms with Crippen molar-refractivity contribution >= 4 is 54.5 Å². The van der Waals surface area contributed by atoms with E-state index in [0.717, 1.165) is 29.2 Å². The Hall–Kier alpha value is -1.07. The summed E-state index contributed by atoms with van der Waals surface area (Å²) in [5.74, 6) is 0.854. The van der Waals surface area contributed by atoms with Gasteiger partial charge in [-0.05, 0) is 27.4 Å². The van der Waals surface area contributed by atoms with Gasteiger partial charge < -0.3 is 5.32 Å². The number of nitrogens with zero attached hydrogens (tertiary/aromatic N) is 2. The van der Waals surface area contributed by atoms with Gasteiger partial charge in [-0.25, -0.2) is 0 Å². The molecule has 0 fully saturated rings. The van der Waals surface area contributed by atoms with Crippen LogP contribution >= 0.6 is 32.1 Å². The van der Waals surface area contributed by atoms with Gasteiger partial charge in [0.05, 0.1) is 34.9 Å². The fraction of sp³-hybridized carbons (Fsp3) is 0.154. The molecule has 1 heterocycles. The Kier molecular flexibility index (Phi) is 3.26. The number of guanidine groups is 1. The molecule has 1 aliphatic rings. The van der Waals surface area contributed by atoms with Crippen molar-refractivity contribution in [1.82, 2.24) is 3.93 Å². The molecule has 5 heteroatoms. The van der Waals surface area contributed by atoms with Crippen molar-refractivity contribution in [2.75, 3.05) is 18.4 Å². The molecule has 1 N–H and O–H groups in total. The van der Waals surface area contributed by atoms with Crippen LogP contribution in [-0.4, -0.2) is 23.0 Å². The van der Waals surface area contributed by atoms with Gasteiger partial charge in [0, 0.05) is 9.86 Å². The molecule has 18 heavy (non-hydrogen) atoms. The Morgan fingerprint density at radius 3 is 2.78 bits per heavy atom. The molecule has 3 rings (SSSR count). The average molecular weight is 369 g/mol. The van der Waals surface area contributed by atoms with Gasteiger partial charge in [-0.15, -0.1) is 0 Å². The molecule has 1 aliphatic heterocycles. The summed E-state index contributed by atoms with van der Waals surface area (Å²) in [5, 5.41) is 5.78. The third-order valence-electron chi connectivity index (χ3n) is 2.90. The molecule has 2 aromatic rings. The van der Waals surface area contributed by atoms with Crippen LogP contribution in [0.1, 0.15) is 0 Å². The Bertz CT molecular complexity index is 625. The monoisotopic (exact) mass is 367 g/mol. The Morgan fingerprint density at radius 2 is 2.00 bits per heavy atom. The second kappa shape index (κ2) is 4.90. The van der Waals surface area contributed by atoms with Crippen LogP contribution < -0.4 is 5.32 Å². The summed E-state index contributed by atoms with van der Waals surface area (Å²) in [6, 6.07) is 12.5. The predicted molar refractivity (Wildman–Crippen MR) is 83.2 cm³/mol. The van der Waals surface area contributed by atoms with Crippen molar-refractivity contribution in [3.05, 3.63) is 40.9 Å². The van der Waals surface area contributed by atoms with E-state index in [0.29, 0.717) is 0 Å². The lowest BCUT2D eigenvalue weighted by molar-refractivity contribution is 0.756. The molecule has 3 nitrogen and oxygen atoms in total. The Balaban J connectivity index is 2.07. The van der Waals surface area contributed by atoms with Crippen molar-refractivity contribution in [3.8, 4) is 0 Å². The van der Waals surface area contributed by atoms with E-state index in [1.165, 1.54) is 10.8 Å². The highest BCUT2D eigenvalue weighted by Crippen LogP contribution is 2.32. The highest BCUT2D eigenvalue weighted by atomic mass is 79.9. The van der Waals surface area contributed by atoms with Crippen molar-refractivity contribution in [2.45, 2.75) is 0 Å². The number of benzene rings is 2. The summed E-state index contributed by atoms with van der Waals surface area (Å²) in [5.41, 5.74) is 1.05. The minimum atomic E-state index is 0.815. The summed E-state index contributed by atoms with van der Waals surface area (Å²) in [4.78, 5) is 4.42. The quantitative estimate of drug-likeness (QED) is 0.770. The Labute approximate surface area is 122 Å². The van der Waals surface area contributed by atoms with Gasteiger partial charge >= 0.3 is 0 Å². The van der Waals surface area contributed by atoms with E-state index in [4.69, 9.17) is 0 Å². The summed E-state index contributed by atoms with van der Waals surface area (Å²) >= 11 is 7.07. The number of fused-ring (bicyclic) bond motifs is 1. The standard InChI is InChI=1S/C13H11Br2N3/c14-11-6-5-9-3-1-2-4-10(9)12(11)17-13-16-7-8-18(13)15/h1-6H,7-8H2,(H,16,17). The van der Waals surface area contributed by atoms with Gasteiger partial charge in [0.1, 0.15) is 0 Å². The molecule has 0 aliphatic carbocycles. The first-order valence-electron chi connectivity index (χ1n) is 5.68. The summed E-state index contributed by atoms with van der Waals surface area (Å²) in [6.07, 6.45) is 0. The second-order valence-corrected chi connectivity index (χ2v) is 5.77. The highest BCUT2D eigenvalue weighted by molar-refractivity contribution is 9.10. The third-order valence-corrected chi connectivity index (χ3v) is 4.25. The van der Waals surface area contributed by atoms with Crippen LogP contribution in [-0.2, 0) is 0 Å². The van der Waals surface area contributed by atoms with Crippen LogP contribution in [0.25, 0.3) is 10.8 Å². The van der Waals surface area contributed by atoms with Crippen LogP contribution in [0.4, 0.5) is 5.69 Å². The zero-order valence-electron chi connectivity index (χ0n) is 9.53. The van der Waals surface area contributed by atoms with E-state index in [2.05, 4.69) is 66.7 Å². The SMILES string of the molecule is Brc1ccc2ccccc2c1NC1=NCCN1Br. The topological polar surface area (TPSA) is 27.6 Å². The van der Waals surface area contributed by atoms with Crippen LogP contribution in [0.5, 0.6) is 0 Å². The number of nitrogens with one attached hydrogen (secondary N) is 1. The molecule has 0 radical (unpaired) electrons. The zero-order chi connectivity index (χ0) is 12.5. The van der Waals surface area contributed by atoms with Crippen molar-refractivity contribution < 1.29 is 0 Å². The van der Waals surface area contributed by atoms with Crippen molar-refractivity contribution in [1.29, 1.82) is 0 Å². The van der Waals surface area contributed by atoms with E-state index in [1.54, 1.807) is 0 Å². The number of halogens is 2. The van der Waals surface area contributed by atoms with Gasteiger partial charge in [-0.3, -0.25) is 8.92 Å². The molecule has 0 amide bonds. The second-order valence-electron chi connectivity index (χ2n) is 4.06. The molecule has 0 spiro atoms. The maximum atomic E-state index is 4.42. The lowest BCUT2D eigenvalue weighted by Crippen LogP contribution is -2.24. The summed E-state index contributed by atoms with van der Waals surface area (Å²) in [7, 11) is 0.